The monoisotopic (exact) mass is 281 g/mol. The van der Waals surface area contributed by atoms with Gasteiger partial charge in [-0.3, -0.25) is 4.79 Å². The third-order valence-electron chi connectivity index (χ3n) is 5.19. The molecular weight excluding hydrogens is 250 g/mol. The molecule has 2 aliphatic rings. The second kappa shape index (κ2) is 7.41. The second-order valence-electron chi connectivity index (χ2n) is 6.83. The highest BCUT2D eigenvalue weighted by molar-refractivity contribution is 5.78. The van der Waals surface area contributed by atoms with Gasteiger partial charge in [0.1, 0.15) is 0 Å². The maximum atomic E-state index is 12.0. The zero-order valence-electron chi connectivity index (χ0n) is 13.2. The molecule has 116 valence electrons. The Balaban J connectivity index is 1.64. The van der Waals surface area contributed by atoms with Crippen molar-refractivity contribution in [3.63, 3.8) is 0 Å². The number of nitrogens with zero attached hydrogens (tertiary/aromatic N) is 1. The van der Waals surface area contributed by atoms with Crippen LogP contribution in [-0.2, 0) is 4.79 Å². The predicted octanol–water partition coefficient (Wildman–Crippen LogP) is 1.90. The van der Waals surface area contributed by atoms with Crippen LogP contribution < -0.4 is 10.6 Å². The lowest BCUT2D eigenvalue weighted by molar-refractivity contribution is -0.121. The van der Waals surface area contributed by atoms with Crippen molar-refractivity contribution in [1.29, 1.82) is 0 Å². The maximum absolute atomic E-state index is 12.0. The number of likely N-dealkylation sites (N-methyl/N-ethyl adjacent to an activating group) is 1. The fraction of sp³-hybridized carbons (Fsp3) is 0.938. The lowest BCUT2D eigenvalue weighted by Gasteiger charge is -2.47. The summed E-state index contributed by atoms with van der Waals surface area (Å²) in [6.45, 7) is 1.39. The average Bonchev–Trinajstić information content (AvgIpc) is 2.60. The Morgan fingerprint density at radius 2 is 1.75 bits per heavy atom. The first kappa shape index (κ1) is 15.8. The van der Waals surface area contributed by atoms with Crippen LogP contribution in [0.3, 0.4) is 0 Å². The van der Waals surface area contributed by atoms with Crippen LogP contribution in [0.5, 0.6) is 0 Å². The molecule has 2 saturated carbocycles. The van der Waals surface area contributed by atoms with Crippen LogP contribution in [0.4, 0.5) is 0 Å². The lowest BCUT2D eigenvalue weighted by atomic mass is 9.75. The minimum atomic E-state index is 0.171. The van der Waals surface area contributed by atoms with Crippen LogP contribution in [0.1, 0.15) is 57.8 Å². The van der Waals surface area contributed by atoms with Gasteiger partial charge in [0.2, 0.25) is 5.91 Å². The standard InChI is InChI=1S/C16H31N3O/c1-19(2)16(10-7-11-16)13-17-12-15(20)18-14-8-5-3-4-6-9-14/h14,17H,3-13H2,1-2H3,(H,18,20). The van der Waals surface area contributed by atoms with Gasteiger partial charge in [0.25, 0.3) is 0 Å². The molecule has 1 amide bonds. The molecule has 0 saturated heterocycles. The fourth-order valence-corrected chi connectivity index (χ4v) is 3.48. The minimum Gasteiger partial charge on any atom is -0.352 e. The molecule has 20 heavy (non-hydrogen) atoms. The van der Waals surface area contributed by atoms with Crippen molar-refractivity contribution in [3.05, 3.63) is 0 Å². The summed E-state index contributed by atoms with van der Waals surface area (Å²) in [5, 5.41) is 6.56. The number of nitrogens with one attached hydrogen (secondary N) is 2. The summed E-state index contributed by atoms with van der Waals surface area (Å²) in [6.07, 6.45) is 11.3. The molecular formula is C16H31N3O. The van der Waals surface area contributed by atoms with Crippen molar-refractivity contribution in [1.82, 2.24) is 15.5 Å². The maximum Gasteiger partial charge on any atom is 0.234 e. The number of hydrogen-bond acceptors (Lipinski definition) is 3. The van der Waals surface area contributed by atoms with E-state index in [4.69, 9.17) is 0 Å². The minimum absolute atomic E-state index is 0.171. The fourth-order valence-electron chi connectivity index (χ4n) is 3.48. The molecule has 0 aliphatic heterocycles. The van der Waals surface area contributed by atoms with Gasteiger partial charge < -0.3 is 15.5 Å². The van der Waals surface area contributed by atoms with Gasteiger partial charge in [0, 0.05) is 18.1 Å². The SMILES string of the molecule is CN(C)C1(CNCC(=O)NC2CCCCCC2)CCC1. The van der Waals surface area contributed by atoms with Crippen LogP contribution in [-0.4, -0.2) is 49.6 Å². The van der Waals surface area contributed by atoms with Crippen molar-refractivity contribution in [2.45, 2.75) is 69.4 Å². The van der Waals surface area contributed by atoms with Crippen molar-refractivity contribution in [2.75, 3.05) is 27.2 Å². The van der Waals surface area contributed by atoms with Gasteiger partial charge in [-0.15, -0.1) is 0 Å². The van der Waals surface area contributed by atoms with E-state index in [1.165, 1.54) is 44.9 Å². The van der Waals surface area contributed by atoms with E-state index in [1.807, 2.05) is 0 Å². The Kier molecular flexibility index (Phi) is 5.85. The van der Waals surface area contributed by atoms with Gasteiger partial charge in [-0.25, -0.2) is 0 Å². The Morgan fingerprint density at radius 1 is 1.10 bits per heavy atom. The summed E-state index contributed by atoms with van der Waals surface area (Å²) in [4.78, 5) is 14.3. The van der Waals surface area contributed by atoms with Crippen molar-refractivity contribution in [2.24, 2.45) is 0 Å². The molecule has 4 heteroatoms. The highest BCUT2D eigenvalue weighted by Crippen LogP contribution is 2.35. The molecule has 0 aromatic rings. The molecule has 4 nitrogen and oxygen atoms in total. The number of carbonyl (C=O) groups is 1. The largest absolute Gasteiger partial charge is 0.352 e. The van der Waals surface area contributed by atoms with Crippen LogP contribution >= 0.6 is 0 Å². The Labute approximate surface area is 123 Å². The van der Waals surface area contributed by atoms with Gasteiger partial charge in [-0.05, 0) is 46.2 Å². The second-order valence-corrected chi connectivity index (χ2v) is 6.83. The quantitative estimate of drug-likeness (QED) is 0.731. The number of amides is 1. The highest BCUT2D eigenvalue weighted by atomic mass is 16.1. The molecule has 0 atom stereocenters. The zero-order valence-corrected chi connectivity index (χ0v) is 13.2. The van der Waals surface area contributed by atoms with E-state index in [0.29, 0.717) is 18.1 Å². The Hall–Kier alpha value is -0.610. The average molecular weight is 281 g/mol. The van der Waals surface area contributed by atoms with E-state index >= 15 is 0 Å². The molecule has 0 aromatic heterocycles. The molecule has 0 unspecified atom stereocenters. The van der Waals surface area contributed by atoms with Gasteiger partial charge in [-0.2, -0.15) is 0 Å². The summed E-state index contributed by atoms with van der Waals surface area (Å²) < 4.78 is 0. The summed E-state index contributed by atoms with van der Waals surface area (Å²) in [7, 11) is 4.29. The number of hydrogen-bond donors (Lipinski definition) is 2. The van der Waals surface area contributed by atoms with E-state index < -0.39 is 0 Å². The van der Waals surface area contributed by atoms with Gasteiger partial charge >= 0.3 is 0 Å². The van der Waals surface area contributed by atoms with E-state index in [0.717, 1.165) is 19.4 Å². The third-order valence-corrected chi connectivity index (χ3v) is 5.19. The van der Waals surface area contributed by atoms with E-state index in [1.54, 1.807) is 0 Å². The molecule has 0 heterocycles. The number of rotatable bonds is 6. The van der Waals surface area contributed by atoms with Crippen LogP contribution in [0.25, 0.3) is 0 Å². The molecule has 2 aliphatic carbocycles. The zero-order chi connectivity index (χ0) is 14.4. The smallest absolute Gasteiger partial charge is 0.234 e. The van der Waals surface area contributed by atoms with Gasteiger partial charge in [0.05, 0.1) is 6.54 Å². The van der Waals surface area contributed by atoms with Gasteiger partial charge in [-0.1, -0.05) is 25.7 Å². The summed E-state index contributed by atoms with van der Waals surface area (Å²) in [5.41, 5.74) is 0.294. The first-order valence-electron chi connectivity index (χ1n) is 8.30. The van der Waals surface area contributed by atoms with Crippen LogP contribution in [0, 0.1) is 0 Å². The van der Waals surface area contributed by atoms with Crippen molar-refractivity contribution in [3.8, 4) is 0 Å². The van der Waals surface area contributed by atoms with Crippen molar-refractivity contribution < 1.29 is 4.79 Å². The predicted molar refractivity (Wildman–Crippen MR) is 82.8 cm³/mol. The molecule has 0 aromatic carbocycles. The summed E-state index contributed by atoms with van der Waals surface area (Å²) in [6, 6.07) is 0.415. The molecule has 0 spiro atoms. The first-order chi connectivity index (χ1) is 9.62. The molecule has 0 radical (unpaired) electrons. The summed E-state index contributed by atoms with van der Waals surface area (Å²) in [5.74, 6) is 0.171. The normalized spacial score (nSPS) is 23.1. The Morgan fingerprint density at radius 3 is 2.25 bits per heavy atom. The van der Waals surface area contributed by atoms with Crippen molar-refractivity contribution >= 4 is 5.91 Å². The summed E-state index contributed by atoms with van der Waals surface area (Å²) >= 11 is 0. The van der Waals surface area contributed by atoms with E-state index in [9.17, 15) is 4.79 Å². The lowest BCUT2D eigenvalue weighted by Crippen LogP contribution is -2.57. The molecule has 0 bridgehead atoms. The third kappa shape index (κ3) is 4.19. The van der Waals surface area contributed by atoms with E-state index in [-0.39, 0.29) is 5.91 Å². The molecule has 2 N–H and O–H groups in total. The van der Waals surface area contributed by atoms with Crippen LogP contribution in [0.2, 0.25) is 0 Å². The van der Waals surface area contributed by atoms with E-state index in [2.05, 4.69) is 29.6 Å². The van der Waals surface area contributed by atoms with Gasteiger partial charge in [0.15, 0.2) is 0 Å². The Bertz CT molecular complexity index is 305. The number of carbonyl (C=O) groups excluding carboxylic acids is 1. The van der Waals surface area contributed by atoms with Crippen LogP contribution in [0.15, 0.2) is 0 Å². The highest BCUT2D eigenvalue weighted by Gasteiger charge is 2.38. The molecule has 2 rings (SSSR count). The topological polar surface area (TPSA) is 44.4 Å². The molecule has 2 fully saturated rings. The first-order valence-corrected chi connectivity index (χ1v) is 8.30.